The van der Waals surface area contributed by atoms with E-state index >= 15 is 0 Å². The molecule has 0 saturated carbocycles. The van der Waals surface area contributed by atoms with Crippen LogP contribution in [0.5, 0.6) is 0 Å². The van der Waals surface area contributed by atoms with E-state index in [4.69, 9.17) is 4.42 Å². The van der Waals surface area contributed by atoms with Crippen molar-refractivity contribution in [3.8, 4) is 0 Å². The van der Waals surface area contributed by atoms with Crippen LogP contribution in [-0.2, 0) is 0 Å². The van der Waals surface area contributed by atoms with Crippen molar-refractivity contribution in [2.45, 2.75) is 24.7 Å². The molecular formula is C36H36N2OS. The quantitative estimate of drug-likeness (QED) is 0.152. The molecule has 3 nitrogen and oxygen atoms in total. The molecule has 6 aromatic rings. The van der Waals surface area contributed by atoms with E-state index < -0.39 is 0 Å². The van der Waals surface area contributed by atoms with E-state index in [1.807, 2.05) is 11.3 Å². The SMILES string of the molecule is CN(CCC(c1ccccc1)c1ccc2occc2c1)N(C)CCC(c1ccccc1)c1ccc2sccc2c1. The summed E-state index contributed by atoms with van der Waals surface area (Å²) in [6, 6.07) is 39.8. The molecule has 0 amide bonds. The average molecular weight is 545 g/mol. The lowest BCUT2D eigenvalue weighted by molar-refractivity contribution is 0.0233. The minimum atomic E-state index is 0.325. The van der Waals surface area contributed by atoms with Crippen molar-refractivity contribution in [3.63, 3.8) is 0 Å². The van der Waals surface area contributed by atoms with Crippen molar-refractivity contribution < 1.29 is 4.42 Å². The van der Waals surface area contributed by atoms with Crippen LogP contribution in [0, 0.1) is 0 Å². The van der Waals surface area contributed by atoms with Gasteiger partial charge >= 0.3 is 0 Å². The molecule has 6 rings (SSSR count). The number of hydrogen-bond donors (Lipinski definition) is 0. The summed E-state index contributed by atoms with van der Waals surface area (Å²) in [5, 5.41) is 9.47. The first-order valence-corrected chi connectivity index (χ1v) is 15.0. The van der Waals surface area contributed by atoms with Crippen molar-refractivity contribution in [3.05, 3.63) is 143 Å². The predicted octanol–water partition coefficient (Wildman–Crippen LogP) is 9.17. The third kappa shape index (κ3) is 5.90. The molecule has 0 aliphatic heterocycles. The van der Waals surface area contributed by atoms with Gasteiger partial charge in [-0.1, -0.05) is 72.8 Å². The van der Waals surface area contributed by atoms with Gasteiger partial charge in [-0.15, -0.1) is 11.3 Å². The van der Waals surface area contributed by atoms with Crippen molar-refractivity contribution >= 4 is 32.4 Å². The number of hydrogen-bond acceptors (Lipinski definition) is 4. The number of fused-ring (bicyclic) bond motifs is 2. The summed E-state index contributed by atoms with van der Waals surface area (Å²) in [5.41, 5.74) is 6.41. The van der Waals surface area contributed by atoms with Crippen molar-refractivity contribution in [2.24, 2.45) is 0 Å². The van der Waals surface area contributed by atoms with Gasteiger partial charge in [-0.2, -0.15) is 0 Å². The molecule has 2 atom stereocenters. The molecule has 0 radical (unpaired) electrons. The highest BCUT2D eigenvalue weighted by molar-refractivity contribution is 7.17. The van der Waals surface area contributed by atoms with Crippen molar-refractivity contribution in [2.75, 3.05) is 27.2 Å². The number of thiophene rings is 1. The van der Waals surface area contributed by atoms with E-state index in [1.165, 1.54) is 32.3 Å². The van der Waals surface area contributed by atoms with Crippen LogP contribution in [0.25, 0.3) is 21.1 Å². The summed E-state index contributed by atoms with van der Waals surface area (Å²) in [6.45, 7) is 1.95. The second-order valence-electron chi connectivity index (χ2n) is 10.7. The number of nitrogens with zero attached hydrogens (tertiary/aromatic N) is 2. The average Bonchev–Trinajstić information content (AvgIpc) is 3.67. The Labute approximate surface area is 241 Å². The highest BCUT2D eigenvalue weighted by Crippen LogP contribution is 2.33. The number of furan rings is 1. The molecule has 0 spiro atoms. The molecule has 40 heavy (non-hydrogen) atoms. The summed E-state index contributed by atoms with van der Waals surface area (Å²) in [6.07, 6.45) is 3.86. The lowest BCUT2D eigenvalue weighted by Gasteiger charge is -2.31. The van der Waals surface area contributed by atoms with Gasteiger partial charge in [0.15, 0.2) is 0 Å². The molecule has 4 heteroatoms. The molecular weight excluding hydrogens is 508 g/mol. The maximum atomic E-state index is 5.60. The Hall–Kier alpha value is -3.70. The zero-order valence-electron chi connectivity index (χ0n) is 23.2. The Morgan fingerprint density at radius 3 is 1.80 bits per heavy atom. The maximum Gasteiger partial charge on any atom is 0.133 e. The summed E-state index contributed by atoms with van der Waals surface area (Å²) < 4.78 is 6.95. The molecule has 0 N–H and O–H groups in total. The molecule has 2 aromatic heterocycles. The van der Waals surface area contributed by atoms with Crippen LogP contribution in [-0.4, -0.2) is 37.2 Å². The monoisotopic (exact) mass is 544 g/mol. The Morgan fingerprint density at radius 1 is 0.600 bits per heavy atom. The van der Waals surface area contributed by atoms with Crippen molar-refractivity contribution in [1.29, 1.82) is 0 Å². The normalized spacial score (nSPS) is 13.4. The van der Waals surface area contributed by atoms with Crippen LogP contribution in [0.15, 0.2) is 125 Å². The predicted molar refractivity (Wildman–Crippen MR) is 169 cm³/mol. The minimum Gasteiger partial charge on any atom is -0.464 e. The van der Waals surface area contributed by atoms with Crippen LogP contribution >= 0.6 is 11.3 Å². The zero-order valence-corrected chi connectivity index (χ0v) is 24.1. The summed E-state index contributed by atoms with van der Waals surface area (Å²) in [5.74, 6) is 0.686. The van der Waals surface area contributed by atoms with E-state index in [9.17, 15) is 0 Å². The first-order valence-electron chi connectivity index (χ1n) is 14.1. The fourth-order valence-electron chi connectivity index (χ4n) is 5.80. The van der Waals surface area contributed by atoms with E-state index in [1.54, 1.807) is 6.26 Å². The second kappa shape index (κ2) is 12.2. The first kappa shape index (κ1) is 26.5. The molecule has 0 saturated heterocycles. The lowest BCUT2D eigenvalue weighted by Crippen LogP contribution is -2.39. The highest BCUT2D eigenvalue weighted by Gasteiger charge is 2.19. The first-order chi connectivity index (χ1) is 19.7. The molecule has 0 fully saturated rings. The molecule has 2 heterocycles. The van der Waals surface area contributed by atoms with E-state index in [0.717, 1.165) is 36.9 Å². The highest BCUT2D eigenvalue weighted by atomic mass is 32.1. The fourth-order valence-corrected chi connectivity index (χ4v) is 6.57. The van der Waals surface area contributed by atoms with Crippen LogP contribution in [0.4, 0.5) is 0 Å². The molecule has 0 bridgehead atoms. The third-order valence-electron chi connectivity index (χ3n) is 8.23. The van der Waals surface area contributed by atoms with Crippen LogP contribution in [0.1, 0.15) is 46.9 Å². The van der Waals surface area contributed by atoms with Gasteiger partial charge in [0.1, 0.15) is 5.58 Å². The largest absolute Gasteiger partial charge is 0.464 e. The second-order valence-corrected chi connectivity index (χ2v) is 11.6. The zero-order chi connectivity index (χ0) is 27.3. The Morgan fingerprint density at radius 2 is 1.18 bits per heavy atom. The van der Waals surface area contributed by atoms with Crippen molar-refractivity contribution in [1.82, 2.24) is 10.0 Å². The number of rotatable bonds is 11. The Balaban J connectivity index is 1.15. The van der Waals surface area contributed by atoms with Gasteiger partial charge in [-0.3, -0.25) is 0 Å². The summed E-state index contributed by atoms with van der Waals surface area (Å²) in [4.78, 5) is 0. The Bertz CT molecular complexity index is 1530. The molecule has 4 aromatic carbocycles. The topological polar surface area (TPSA) is 19.6 Å². The van der Waals surface area contributed by atoms with Crippen LogP contribution in [0.3, 0.4) is 0 Å². The third-order valence-corrected chi connectivity index (χ3v) is 9.13. The lowest BCUT2D eigenvalue weighted by atomic mass is 9.88. The van der Waals surface area contributed by atoms with Gasteiger partial charge in [-0.25, -0.2) is 10.0 Å². The Kier molecular flexibility index (Phi) is 8.10. The maximum absolute atomic E-state index is 5.60. The van der Waals surface area contributed by atoms with Crippen LogP contribution < -0.4 is 0 Å². The van der Waals surface area contributed by atoms with Crippen LogP contribution in [0.2, 0.25) is 0 Å². The standard InChI is InChI=1S/C36H36N2OS/c1-37(21-17-33(27-9-5-3-6-10-27)29-13-15-35-31(25-29)19-23-39-35)38(2)22-18-34(28-11-7-4-8-12-28)30-14-16-36-32(26-30)20-24-40-36/h3-16,19-20,23-26,33-34H,17-18,21-22H2,1-2H3. The van der Waals surface area contributed by atoms with E-state index in [0.29, 0.717) is 11.8 Å². The smallest absolute Gasteiger partial charge is 0.133 e. The molecule has 0 aliphatic carbocycles. The molecule has 202 valence electrons. The van der Waals surface area contributed by atoms with Gasteiger partial charge in [0.25, 0.3) is 0 Å². The number of hydrazine groups is 1. The van der Waals surface area contributed by atoms with Gasteiger partial charge in [-0.05, 0) is 82.3 Å². The molecule has 0 aliphatic rings. The minimum absolute atomic E-state index is 0.325. The van der Waals surface area contributed by atoms with Gasteiger partial charge in [0.05, 0.1) is 6.26 Å². The summed E-state index contributed by atoms with van der Waals surface area (Å²) >= 11 is 1.81. The summed E-state index contributed by atoms with van der Waals surface area (Å²) in [7, 11) is 4.44. The van der Waals surface area contributed by atoms with E-state index in [2.05, 4.69) is 139 Å². The van der Waals surface area contributed by atoms with Gasteiger partial charge in [0.2, 0.25) is 0 Å². The fraction of sp³-hybridized carbons (Fsp3) is 0.222. The van der Waals surface area contributed by atoms with E-state index in [-0.39, 0.29) is 0 Å². The molecule has 2 unspecified atom stereocenters. The number of benzene rings is 4. The van der Waals surface area contributed by atoms with Gasteiger partial charge in [0, 0.05) is 49.1 Å². The van der Waals surface area contributed by atoms with Gasteiger partial charge < -0.3 is 4.42 Å².